The Morgan fingerprint density at radius 3 is 2.88 bits per heavy atom. The van der Waals surface area contributed by atoms with Gasteiger partial charge in [-0.25, -0.2) is 0 Å². The third-order valence-electron chi connectivity index (χ3n) is 2.08. The Labute approximate surface area is 99.2 Å². The normalized spacial score (nSPS) is 8.71. The first-order chi connectivity index (χ1) is 8.19. The van der Waals surface area contributed by atoms with E-state index in [4.69, 9.17) is 5.26 Å². The van der Waals surface area contributed by atoms with Gasteiger partial charge in [0.05, 0.1) is 16.2 Å². The van der Waals surface area contributed by atoms with Gasteiger partial charge >= 0.3 is 0 Å². The average Bonchev–Trinajstić information content (AvgIpc) is 2.34. The number of non-ortho nitro benzene ring substituents is 1. The van der Waals surface area contributed by atoms with Crippen molar-refractivity contribution in [3.63, 3.8) is 0 Å². The molecule has 0 heterocycles. The molecule has 0 aliphatic heterocycles. The summed E-state index contributed by atoms with van der Waals surface area (Å²) in [4.78, 5) is 10.0. The van der Waals surface area contributed by atoms with Crippen LogP contribution in [-0.4, -0.2) is 11.5 Å². The number of nitrogens with one attached hydrogen (secondary N) is 1. The SMILES string of the molecule is CC#CCCNc1ccc([N+](=O)[O-])cc1C#N. The van der Waals surface area contributed by atoms with Gasteiger partial charge in [0.1, 0.15) is 6.07 Å². The van der Waals surface area contributed by atoms with Crippen molar-refractivity contribution in [1.82, 2.24) is 0 Å². The lowest BCUT2D eigenvalue weighted by Gasteiger charge is -2.05. The summed E-state index contributed by atoms with van der Waals surface area (Å²) in [6.45, 7) is 2.36. The van der Waals surface area contributed by atoms with Gasteiger partial charge < -0.3 is 5.32 Å². The lowest BCUT2D eigenvalue weighted by Crippen LogP contribution is -2.02. The van der Waals surface area contributed by atoms with E-state index >= 15 is 0 Å². The zero-order valence-electron chi connectivity index (χ0n) is 9.36. The fourth-order valence-electron chi connectivity index (χ4n) is 1.28. The van der Waals surface area contributed by atoms with E-state index in [0.29, 0.717) is 18.7 Å². The summed E-state index contributed by atoms with van der Waals surface area (Å²) in [5, 5.41) is 22.4. The highest BCUT2D eigenvalue weighted by Gasteiger charge is 2.09. The molecule has 0 atom stereocenters. The van der Waals surface area contributed by atoms with Gasteiger partial charge in [0.15, 0.2) is 0 Å². The van der Waals surface area contributed by atoms with Crippen LogP contribution in [0.15, 0.2) is 18.2 Å². The number of benzene rings is 1. The van der Waals surface area contributed by atoms with Crippen LogP contribution in [-0.2, 0) is 0 Å². The fourth-order valence-corrected chi connectivity index (χ4v) is 1.28. The van der Waals surface area contributed by atoms with E-state index in [1.807, 2.05) is 6.07 Å². The Morgan fingerprint density at radius 1 is 1.53 bits per heavy atom. The summed E-state index contributed by atoms with van der Waals surface area (Å²) in [6.07, 6.45) is 0.665. The summed E-state index contributed by atoms with van der Waals surface area (Å²) in [5.74, 6) is 5.64. The second kappa shape index (κ2) is 6.14. The molecule has 0 radical (unpaired) electrons. The van der Waals surface area contributed by atoms with Crippen molar-refractivity contribution in [2.75, 3.05) is 11.9 Å². The van der Waals surface area contributed by atoms with Crippen molar-refractivity contribution >= 4 is 11.4 Å². The van der Waals surface area contributed by atoms with Crippen molar-refractivity contribution < 1.29 is 4.92 Å². The Morgan fingerprint density at radius 2 is 2.29 bits per heavy atom. The van der Waals surface area contributed by atoms with Crippen LogP contribution in [0.5, 0.6) is 0 Å². The molecule has 0 saturated heterocycles. The maximum atomic E-state index is 10.5. The third-order valence-corrected chi connectivity index (χ3v) is 2.08. The van der Waals surface area contributed by atoms with Gasteiger partial charge in [0, 0.05) is 25.1 Å². The first kappa shape index (κ1) is 12.5. The van der Waals surface area contributed by atoms with Crippen molar-refractivity contribution in [1.29, 1.82) is 5.26 Å². The number of nitrogens with zero attached hydrogens (tertiary/aromatic N) is 2. The van der Waals surface area contributed by atoms with Crippen LogP contribution < -0.4 is 5.32 Å². The molecule has 1 aromatic carbocycles. The fraction of sp³-hybridized carbons (Fsp3) is 0.250. The van der Waals surface area contributed by atoms with Crippen LogP contribution in [0.3, 0.4) is 0 Å². The molecule has 0 bridgehead atoms. The van der Waals surface area contributed by atoms with E-state index in [9.17, 15) is 10.1 Å². The number of nitro benzene ring substituents is 1. The van der Waals surface area contributed by atoms with Crippen LogP contribution in [0.25, 0.3) is 0 Å². The van der Waals surface area contributed by atoms with E-state index in [0.717, 1.165) is 0 Å². The highest BCUT2D eigenvalue weighted by atomic mass is 16.6. The van der Waals surface area contributed by atoms with Crippen LogP contribution in [0.1, 0.15) is 18.9 Å². The summed E-state index contributed by atoms with van der Waals surface area (Å²) >= 11 is 0. The molecular weight excluding hydrogens is 218 g/mol. The second-order valence-corrected chi connectivity index (χ2v) is 3.20. The number of hydrogen-bond acceptors (Lipinski definition) is 4. The molecule has 5 nitrogen and oxygen atoms in total. The van der Waals surface area contributed by atoms with Crippen molar-refractivity contribution in [3.8, 4) is 17.9 Å². The molecule has 0 unspecified atom stereocenters. The summed E-state index contributed by atoms with van der Waals surface area (Å²) in [7, 11) is 0. The molecular formula is C12H11N3O2. The van der Waals surface area contributed by atoms with Gasteiger partial charge in [-0.05, 0) is 13.0 Å². The first-order valence-corrected chi connectivity index (χ1v) is 5.01. The smallest absolute Gasteiger partial charge is 0.270 e. The molecule has 0 aliphatic carbocycles. The molecule has 86 valence electrons. The summed E-state index contributed by atoms with van der Waals surface area (Å²) in [5.41, 5.74) is 0.778. The van der Waals surface area contributed by atoms with Gasteiger partial charge in [-0.1, -0.05) is 0 Å². The maximum Gasteiger partial charge on any atom is 0.270 e. The van der Waals surface area contributed by atoms with Gasteiger partial charge in [0.2, 0.25) is 0 Å². The number of hydrogen-bond donors (Lipinski definition) is 1. The standard InChI is InChI=1S/C12H11N3O2/c1-2-3-4-7-14-12-6-5-11(15(16)17)8-10(12)9-13/h5-6,8,14H,4,7H2,1H3. The zero-order valence-corrected chi connectivity index (χ0v) is 9.36. The third kappa shape index (κ3) is 3.51. The van der Waals surface area contributed by atoms with Crippen molar-refractivity contribution in [2.24, 2.45) is 0 Å². The number of anilines is 1. The first-order valence-electron chi connectivity index (χ1n) is 5.01. The molecule has 1 rings (SSSR count). The highest BCUT2D eigenvalue weighted by molar-refractivity contribution is 5.61. The molecule has 17 heavy (non-hydrogen) atoms. The molecule has 0 saturated carbocycles. The van der Waals surface area contributed by atoms with E-state index in [-0.39, 0.29) is 11.3 Å². The summed E-state index contributed by atoms with van der Waals surface area (Å²) in [6, 6.07) is 6.09. The number of nitro groups is 1. The molecule has 0 amide bonds. The van der Waals surface area contributed by atoms with Crippen LogP contribution >= 0.6 is 0 Å². The molecule has 0 aliphatic rings. The Hall–Kier alpha value is -2.53. The molecule has 1 aromatic rings. The van der Waals surface area contributed by atoms with Gasteiger partial charge in [-0.15, -0.1) is 11.8 Å². The predicted molar refractivity (Wildman–Crippen MR) is 64.4 cm³/mol. The topological polar surface area (TPSA) is 79.0 Å². The van der Waals surface area contributed by atoms with Gasteiger partial charge in [0.25, 0.3) is 5.69 Å². The summed E-state index contributed by atoms with van der Waals surface area (Å²) < 4.78 is 0. The van der Waals surface area contributed by atoms with E-state index < -0.39 is 4.92 Å². The average molecular weight is 229 g/mol. The molecule has 5 heteroatoms. The second-order valence-electron chi connectivity index (χ2n) is 3.20. The minimum absolute atomic E-state index is 0.0829. The lowest BCUT2D eigenvalue weighted by molar-refractivity contribution is -0.384. The molecule has 0 fully saturated rings. The van der Waals surface area contributed by atoms with E-state index in [2.05, 4.69) is 17.2 Å². The molecule has 0 aromatic heterocycles. The minimum atomic E-state index is -0.521. The van der Waals surface area contributed by atoms with Crippen LogP contribution in [0, 0.1) is 33.3 Å². The van der Waals surface area contributed by atoms with Crippen LogP contribution in [0.4, 0.5) is 11.4 Å². The largest absolute Gasteiger partial charge is 0.383 e. The van der Waals surface area contributed by atoms with Gasteiger partial charge in [-0.3, -0.25) is 10.1 Å². The predicted octanol–water partition coefficient (Wildman–Crippen LogP) is 2.29. The number of nitriles is 1. The molecule has 0 spiro atoms. The van der Waals surface area contributed by atoms with Crippen molar-refractivity contribution in [3.05, 3.63) is 33.9 Å². The van der Waals surface area contributed by atoms with Crippen LogP contribution in [0.2, 0.25) is 0 Å². The Bertz CT molecular complexity index is 521. The monoisotopic (exact) mass is 229 g/mol. The maximum absolute atomic E-state index is 10.5. The number of rotatable bonds is 4. The quantitative estimate of drug-likeness (QED) is 0.372. The van der Waals surface area contributed by atoms with E-state index in [1.165, 1.54) is 18.2 Å². The van der Waals surface area contributed by atoms with E-state index in [1.54, 1.807) is 6.92 Å². The highest BCUT2D eigenvalue weighted by Crippen LogP contribution is 2.21. The Balaban J connectivity index is 2.82. The van der Waals surface area contributed by atoms with Gasteiger partial charge in [-0.2, -0.15) is 5.26 Å². The minimum Gasteiger partial charge on any atom is -0.383 e. The lowest BCUT2D eigenvalue weighted by atomic mass is 10.1. The molecule has 1 N–H and O–H groups in total. The Kier molecular flexibility index (Phi) is 4.53. The van der Waals surface area contributed by atoms with Crippen molar-refractivity contribution in [2.45, 2.75) is 13.3 Å². The zero-order chi connectivity index (χ0) is 12.7.